The molecule has 0 spiro atoms. The number of nitrogens with two attached hydrogens (primary N) is 1. The molecular formula is C13H13ClN4O2. The van der Waals surface area contributed by atoms with Crippen molar-refractivity contribution < 1.29 is 9.94 Å². The highest BCUT2D eigenvalue weighted by molar-refractivity contribution is 6.31. The van der Waals surface area contributed by atoms with E-state index in [0.29, 0.717) is 16.3 Å². The molecule has 6 nitrogen and oxygen atoms in total. The number of aryl methyl sites for hydroxylation is 1. The topological polar surface area (TPSA) is 93.6 Å². The number of hydrogen-bond acceptors (Lipinski definition) is 5. The predicted molar refractivity (Wildman–Crippen MR) is 75.4 cm³/mol. The largest absolute Gasteiger partial charge is 0.437 e. The molecule has 1 aromatic carbocycles. The maximum absolute atomic E-state index is 8.74. The van der Waals surface area contributed by atoms with Crippen LogP contribution in [0.25, 0.3) is 0 Å². The highest BCUT2D eigenvalue weighted by atomic mass is 35.5. The molecule has 0 radical (unpaired) electrons. The van der Waals surface area contributed by atoms with Crippen molar-refractivity contribution in [1.82, 2.24) is 10.2 Å². The molecule has 3 N–H and O–H groups in total. The second-order valence-corrected chi connectivity index (χ2v) is 4.35. The van der Waals surface area contributed by atoms with Gasteiger partial charge in [-0.05, 0) is 36.2 Å². The summed E-state index contributed by atoms with van der Waals surface area (Å²) in [7, 11) is 0. The van der Waals surface area contributed by atoms with Crippen LogP contribution in [0.1, 0.15) is 18.1 Å². The van der Waals surface area contributed by atoms with Crippen molar-refractivity contribution in [2.45, 2.75) is 13.3 Å². The SMILES string of the molecule is CCc1cc(Oc2nnccc2/C(N)=N/O)ccc1Cl. The van der Waals surface area contributed by atoms with Gasteiger partial charge in [-0.3, -0.25) is 0 Å². The molecule has 2 rings (SSSR count). The summed E-state index contributed by atoms with van der Waals surface area (Å²) in [5, 5.41) is 19.9. The van der Waals surface area contributed by atoms with E-state index < -0.39 is 0 Å². The first-order valence-electron chi connectivity index (χ1n) is 5.91. The Labute approximate surface area is 120 Å². The van der Waals surface area contributed by atoms with Crippen LogP contribution in [0.5, 0.6) is 11.6 Å². The average Bonchev–Trinajstić information content (AvgIpc) is 2.49. The molecular weight excluding hydrogens is 280 g/mol. The lowest BCUT2D eigenvalue weighted by atomic mass is 10.1. The fraction of sp³-hybridized carbons (Fsp3) is 0.154. The molecule has 20 heavy (non-hydrogen) atoms. The summed E-state index contributed by atoms with van der Waals surface area (Å²) < 4.78 is 5.63. The van der Waals surface area contributed by atoms with Crippen LogP contribution in [-0.2, 0) is 6.42 Å². The van der Waals surface area contributed by atoms with Gasteiger partial charge in [0.2, 0.25) is 5.88 Å². The summed E-state index contributed by atoms with van der Waals surface area (Å²) in [6.45, 7) is 2.00. The van der Waals surface area contributed by atoms with Crippen molar-refractivity contribution in [3.05, 3.63) is 46.6 Å². The van der Waals surface area contributed by atoms with Crippen molar-refractivity contribution >= 4 is 17.4 Å². The van der Waals surface area contributed by atoms with Gasteiger partial charge >= 0.3 is 0 Å². The molecule has 0 aliphatic heterocycles. The van der Waals surface area contributed by atoms with Crippen LogP contribution < -0.4 is 10.5 Å². The molecule has 1 heterocycles. The fourth-order valence-electron chi connectivity index (χ4n) is 1.64. The highest BCUT2D eigenvalue weighted by Crippen LogP contribution is 2.27. The number of benzene rings is 1. The second kappa shape index (κ2) is 6.21. The van der Waals surface area contributed by atoms with Crippen molar-refractivity contribution in [1.29, 1.82) is 0 Å². The van der Waals surface area contributed by atoms with E-state index in [9.17, 15) is 0 Å². The van der Waals surface area contributed by atoms with Gasteiger partial charge in [0.25, 0.3) is 0 Å². The quantitative estimate of drug-likeness (QED) is 0.391. The normalized spacial score (nSPS) is 11.4. The van der Waals surface area contributed by atoms with Crippen molar-refractivity contribution in [2.24, 2.45) is 10.9 Å². The molecule has 0 amide bonds. The standard InChI is InChI=1S/C13H13ClN4O2/c1-2-8-7-9(3-4-11(8)14)20-13-10(12(15)18-19)5-6-16-17-13/h3-7,19H,2H2,1H3,(H2,15,18). The van der Waals surface area contributed by atoms with Crippen molar-refractivity contribution in [3.8, 4) is 11.6 Å². The fourth-order valence-corrected chi connectivity index (χ4v) is 1.89. The van der Waals surface area contributed by atoms with E-state index in [1.165, 1.54) is 6.20 Å². The molecule has 0 saturated carbocycles. The van der Waals surface area contributed by atoms with E-state index in [1.807, 2.05) is 13.0 Å². The smallest absolute Gasteiger partial charge is 0.250 e. The van der Waals surface area contributed by atoms with E-state index in [0.717, 1.165) is 12.0 Å². The zero-order valence-corrected chi connectivity index (χ0v) is 11.5. The van der Waals surface area contributed by atoms with Crippen LogP contribution >= 0.6 is 11.6 Å². The van der Waals surface area contributed by atoms with Crippen molar-refractivity contribution in [3.63, 3.8) is 0 Å². The number of halogens is 1. The van der Waals surface area contributed by atoms with E-state index >= 15 is 0 Å². The molecule has 104 valence electrons. The third kappa shape index (κ3) is 2.97. The van der Waals surface area contributed by atoms with E-state index in [1.54, 1.807) is 18.2 Å². The predicted octanol–water partition coefficient (Wildman–Crippen LogP) is 2.58. The molecule has 0 unspecified atom stereocenters. The minimum absolute atomic E-state index is 0.0976. The molecule has 0 fully saturated rings. The first-order chi connectivity index (χ1) is 9.65. The monoisotopic (exact) mass is 292 g/mol. The number of rotatable bonds is 4. The molecule has 0 atom stereocenters. The van der Waals surface area contributed by atoms with Gasteiger partial charge in [0.1, 0.15) is 5.75 Å². The van der Waals surface area contributed by atoms with Crippen LogP contribution in [0, 0.1) is 0 Å². The lowest BCUT2D eigenvalue weighted by Crippen LogP contribution is -2.15. The Morgan fingerprint density at radius 1 is 1.45 bits per heavy atom. The third-order valence-corrected chi connectivity index (χ3v) is 3.05. The summed E-state index contributed by atoms with van der Waals surface area (Å²) in [6, 6.07) is 6.82. The van der Waals surface area contributed by atoms with Crippen LogP contribution in [-0.4, -0.2) is 21.2 Å². The van der Waals surface area contributed by atoms with Gasteiger partial charge in [-0.1, -0.05) is 23.7 Å². The lowest BCUT2D eigenvalue weighted by molar-refractivity contribution is 0.318. The van der Waals surface area contributed by atoms with Gasteiger partial charge < -0.3 is 15.7 Å². The van der Waals surface area contributed by atoms with Gasteiger partial charge in [0.05, 0.1) is 11.8 Å². The van der Waals surface area contributed by atoms with E-state index in [-0.39, 0.29) is 11.7 Å². The average molecular weight is 293 g/mol. The first kappa shape index (κ1) is 14.1. The minimum Gasteiger partial charge on any atom is -0.437 e. The Morgan fingerprint density at radius 3 is 2.95 bits per heavy atom. The molecule has 1 aromatic heterocycles. The number of nitrogens with zero attached hydrogens (tertiary/aromatic N) is 3. The maximum Gasteiger partial charge on any atom is 0.250 e. The summed E-state index contributed by atoms with van der Waals surface area (Å²) in [4.78, 5) is 0. The third-order valence-electron chi connectivity index (χ3n) is 2.68. The Bertz CT molecular complexity index is 646. The molecule has 0 bridgehead atoms. The van der Waals surface area contributed by atoms with E-state index in [2.05, 4.69) is 15.4 Å². The molecule has 2 aromatic rings. The summed E-state index contributed by atoms with van der Waals surface area (Å²) in [5.74, 6) is 0.616. The Morgan fingerprint density at radius 2 is 2.25 bits per heavy atom. The maximum atomic E-state index is 8.74. The Hall–Kier alpha value is -2.34. The zero-order chi connectivity index (χ0) is 14.5. The lowest BCUT2D eigenvalue weighted by Gasteiger charge is -2.09. The number of amidine groups is 1. The van der Waals surface area contributed by atoms with Gasteiger partial charge in [0.15, 0.2) is 5.84 Å². The summed E-state index contributed by atoms with van der Waals surface area (Å²) >= 11 is 6.05. The van der Waals surface area contributed by atoms with Crippen molar-refractivity contribution in [2.75, 3.05) is 0 Å². The number of ether oxygens (including phenoxy) is 1. The van der Waals surface area contributed by atoms with Gasteiger partial charge in [0, 0.05) is 5.02 Å². The molecule has 7 heteroatoms. The molecule has 0 saturated heterocycles. The second-order valence-electron chi connectivity index (χ2n) is 3.94. The number of oxime groups is 1. The van der Waals surface area contributed by atoms with Gasteiger partial charge in [-0.15, -0.1) is 5.10 Å². The Kier molecular flexibility index (Phi) is 4.37. The summed E-state index contributed by atoms with van der Waals surface area (Å²) in [6.07, 6.45) is 2.21. The summed E-state index contributed by atoms with van der Waals surface area (Å²) in [5.41, 5.74) is 6.87. The Balaban J connectivity index is 2.35. The highest BCUT2D eigenvalue weighted by Gasteiger charge is 2.12. The van der Waals surface area contributed by atoms with E-state index in [4.69, 9.17) is 27.3 Å². The minimum atomic E-state index is -0.0976. The van der Waals surface area contributed by atoms with Crippen LogP contribution in [0.3, 0.4) is 0 Å². The van der Waals surface area contributed by atoms with Crippen LogP contribution in [0.2, 0.25) is 5.02 Å². The van der Waals surface area contributed by atoms with Crippen LogP contribution in [0.15, 0.2) is 35.6 Å². The number of hydrogen-bond donors (Lipinski definition) is 2. The zero-order valence-electron chi connectivity index (χ0n) is 10.7. The molecule has 0 aliphatic carbocycles. The van der Waals surface area contributed by atoms with Gasteiger partial charge in [-0.25, -0.2) is 0 Å². The first-order valence-corrected chi connectivity index (χ1v) is 6.29. The number of aromatic nitrogens is 2. The molecule has 0 aliphatic rings. The van der Waals surface area contributed by atoms with Gasteiger partial charge in [-0.2, -0.15) is 5.10 Å². The van der Waals surface area contributed by atoms with Crippen LogP contribution in [0.4, 0.5) is 0 Å².